The van der Waals surface area contributed by atoms with Gasteiger partial charge in [-0.2, -0.15) is 4.98 Å². The lowest BCUT2D eigenvalue weighted by Crippen LogP contribution is -2.60. The van der Waals surface area contributed by atoms with Crippen LogP contribution in [0.3, 0.4) is 0 Å². The minimum Gasteiger partial charge on any atom is -0.478 e. The van der Waals surface area contributed by atoms with Crippen LogP contribution >= 0.6 is 11.6 Å². The molecule has 2 aromatic heterocycles. The maximum absolute atomic E-state index is 15.8. The van der Waals surface area contributed by atoms with E-state index < -0.39 is 47.0 Å². The van der Waals surface area contributed by atoms with Gasteiger partial charge in [0.1, 0.15) is 16.9 Å². The van der Waals surface area contributed by atoms with E-state index in [1.807, 2.05) is 6.07 Å². The lowest BCUT2D eigenvalue weighted by molar-refractivity contribution is -0.136. The number of benzene rings is 2. The van der Waals surface area contributed by atoms with Gasteiger partial charge in [0.05, 0.1) is 22.8 Å². The third-order valence-corrected chi connectivity index (χ3v) is 13.6. The van der Waals surface area contributed by atoms with Gasteiger partial charge in [0.15, 0.2) is 18.2 Å². The zero-order valence-corrected chi connectivity index (χ0v) is 36.7. The van der Waals surface area contributed by atoms with E-state index in [4.69, 9.17) is 21.3 Å². The number of carbonyl (C=O) groups is 5. The number of nitrogens with zero attached hydrogens (tertiary/aromatic N) is 7. The monoisotopic (exact) mass is 896 g/mol. The molecule has 64 heavy (non-hydrogen) atoms. The minimum absolute atomic E-state index is 0.0704. The van der Waals surface area contributed by atoms with E-state index in [0.717, 1.165) is 82.1 Å². The van der Waals surface area contributed by atoms with E-state index in [0.29, 0.717) is 34.3 Å². The Kier molecular flexibility index (Phi) is 11.5. The molecular formula is C45H50ClFN10O7. The van der Waals surface area contributed by atoms with Crippen LogP contribution in [0.1, 0.15) is 79.1 Å². The Morgan fingerprint density at radius 3 is 2.41 bits per heavy atom. The van der Waals surface area contributed by atoms with Crippen LogP contribution in [0.5, 0.6) is 5.75 Å². The first-order valence-corrected chi connectivity index (χ1v) is 22.2. The molecule has 1 spiro atoms. The summed E-state index contributed by atoms with van der Waals surface area (Å²) in [6.45, 7) is 9.51. The van der Waals surface area contributed by atoms with E-state index in [2.05, 4.69) is 35.6 Å². The minimum atomic E-state index is -0.985. The number of hydrogen-bond donors (Lipinski definition) is 3. The second-order valence-corrected chi connectivity index (χ2v) is 18.3. The molecular weight excluding hydrogens is 847 g/mol. The van der Waals surface area contributed by atoms with Crippen molar-refractivity contribution in [3.63, 3.8) is 0 Å². The molecule has 5 aliphatic heterocycles. The molecule has 0 aliphatic carbocycles. The number of ether oxygens (including phenoxy) is 1. The van der Waals surface area contributed by atoms with Gasteiger partial charge in [-0.1, -0.05) is 11.6 Å². The molecule has 17 nitrogen and oxygen atoms in total. The molecule has 0 bridgehead atoms. The highest BCUT2D eigenvalue weighted by atomic mass is 35.5. The van der Waals surface area contributed by atoms with Gasteiger partial charge in [-0.05, 0) is 101 Å². The van der Waals surface area contributed by atoms with E-state index in [-0.39, 0.29) is 52.8 Å². The second kappa shape index (κ2) is 17.1. The summed E-state index contributed by atoms with van der Waals surface area (Å²) >= 11 is 6.56. The Morgan fingerprint density at radius 2 is 1.70 bits per heavy atom. The van der Waals surface area contributed by atoms with Crippen molar-refractivity contribution in [1.82, 2.24) is 35.0 Å². The Hall–Kier alpha value is -6.14. The molecule has 19 heteroatoms. The molecule has 5 aliphatic rings. The summed E-state index contributed by atoms with van der Waals surface area (Å²) in [4.78, 5) is 93.0. The number of carbonyl (C=O) groups excluding carboxylic acids is 5. The van der Waals surface area contributed by atoms with Crippen molar-refractivity contribution in [1.29, 1.82) is 0 Å². The van der Waals surface area contributed by atoms with Crippen molar-refractivity contribution >= 4 is 75.2 Å². The highest BCUT2D eigenvalue weighted by molar-refractivity contribution is 6.33. The van der Waals surface area contributed by atoms with Crippen LogP contribution in [0, 0.1) is 17.2 Å². The number of rotatable bonds is 11. The van der Waals surface area contributed by atoms with Crippen LogP contribution in [0.15, 0.2) is 47.4 Å². The number of fused-ring (bicyclic) bond motifs is 2. The standard InChI is InChI=1S/C45H50ClFN10O7/c1-25(2)56-38-27(17-35(43(56)63)64-22-37(59)48-3)16-28(18-33(38)47)50-39-32(46)20-49-44(52-39)54-12-8-26(9-13-54)21-53-14-10-45(11-15-53)23-55(24-45)29-4-5-30-31(19-29)42(62)57(41(30)61)34-6-7-36(58)51-40(34)60/h4-5,16-20,25-26,34H,6-15,21-24H2,1-3H3,(H,48,59)(H,49,50,52)(H,51,58,60). The maximum Gasteiger partial charge on any atom is 0.293 e. The fraction of sp³-hybridized carbons (Fsp3) is 0.467. The van der Waals surface area contributed by atoms with Crippen molar-refractivity contribution < 1.29 is 33.1 Å². The number of pyridine rings is 1. The molecule has 0 radical (unpaired) electrons. The topological polar surface area (TPSA) is 191 Å². The number of halogens is 2. The molecule has 2 aromatic carbocycles. The molecule has 7 heterocycles. The average Bonchev–Trinajstić information content (AvgIpc) is 3.51. The van der Waals surface area contributed by atoms with Gasteiger partial charge >= 0.3 is 0 Å². The summed E-state index contributed by atoms with van der Waals surface area (Å²) in [6.07, 6.45) is 5.84. The largest absolute Gasteiger partial charge is 0.478 e. The number of likely N-dealkylation sites (tertiary alicyclic amines) is 1. The van der Waals surface area contributed by atoms with Gasteiger partial charge in [-0.25, -0.2) is 9.37 Å². The zero-order chi connectivity index (χ0) is 45.0. The number of imide groups is 2. The van der Waals surface area contributed by atoms with E-state index in [1.165, 1.54) is 29.9 Å². The van der Waals surface area contributed by atoms with Crippen molar-refractivity contribution in [3.8, 4) is 5.75 Å². The number of aromatic nitrogens is 3. The zero-order valence-electron chi connectivity index (χ0n) is 35.9. The average molecular weight is 897 g/mol. The number of nitrogens with one attached hydrogen (secondary N) is 3. The Bertz CT molecular complexity index is 2630. The summed E-state index contributed by atoms with van der Waals surface area (Å²) in [5, 5.41) is 8.50. The molecule has 9 rings (SSSR count). The molecule has 4 fully saturated rings. The quantitative estimate of drug-likeness (QED) is 0.181. The highest BCUT2D eigenvalue weighted by Gasteiger charge is 2.47. The van der Waals surface area contributed by atoms with Crippen molar-refractivity contribution in [3.05, 3.63) is 74.9 Å². The van der Waals surface area contributed by atoms with Gasteiger partial charge in [-0.15, -0.1) is 0 Å². The summed E-state index contributed by atoms with van der Waals surface area (Å²) in [5.41, 5.74) is 1.62. The van der Waals surface area contributed by atoms with Crippen LogP contribution in [0.25, 0.3) is 10.9 Å². The molecule has 4 aromatic rings. The number of hydrogen-bond acceptors (Lipinski definition) is 13. The second-order valence-electron chi connectivity index (χ2n) is 17.9. The Labute approximate surface area is 373 Å². The molecule has 0 saturated carbocycles. The fourth-order valence-electron chi connectivity index (χ4n) is 9.83. The van der Waals surface area contributed by atoms with E-state index in [9.17, 15) is 28.8 Å². The van der Waals surface area contributed by atoms with Crippen LogP contribution < -0.4 is 36.0 Å². The normalized spacial score (nSPS) is 20.2. The molecule has 3 N–H and O–H groups in total. The summed E-state index contributed by atoms with van der Waals surface area (Å²) < 4.78 is 22.6. The molecule has 336 valence electrons. The number of amides is 5. The van der Waals surface area contributed by atoms with Crippen LogP contribution in [0.2, 0.25) is 5.02 Å². The first kappa shape index (κ1) is 43.1. The van der Waals surface area contributed by atoms with Crippen LogP contribution in [0.4, 0.5) is 27.5 Å². The highest BCUT2D eigenvalue weighted by Crippen LogP contribution is 2.44. The first-order chi connectivity index (χ1) is 30.7. The van der Waals surface area contributed by atoms with Crippen molar-refractivity contribution in [2.75, 3.05) is 74.6 Å². The van der Waals surface area contributed by atoms with E-state index >= 15 is 4.39 Å². The van der Waals surface area contributed by atoms with E-state index in [1.54, 1.807) is 32.0 Å². The third-order valence-electron chi connectivity index (χ3n) is 13.4. The first-order valence-electron chi connectivity index (χ1n) is 21.8. The maximum atomic E-state index is 15.8. The smallest absolute Gasteiger partial charge is 0.293 e. The third kappa shape index (κ3) is 8.12. The fourth-order valence-corrected chi connectivity index (χ4v) is 9.97. The number of likely N-dealkylation sites (N-methyl/N-ethyl adjacent to an activating group) is 1. The number of anilines is 4. The van der Waals surface area contributed by atoms with Crippen LogP contribution in [-0.4, -0.2) is 119 Å². The Morgan fingerprint density at radius 1 is 0.969 bits per heavy atom. The number of piperidine rings is 3. The van der Waals surface area contributed by atoms with Gasteiger partial charge < -0.3 is 30.1 Å². The summed E-state index contributed by atoms with van der Waals surface area (Å²) in [5.74, 6) is -1.75. The lowest BCUT2D eigenvalue weighted by atomic mass is 9.71. The summed E-state index contributed by atoms with van der Waals surface area (Å²) in [6, 6.07) is 8.36. The summed E-state index contributed by atoms with van der Waals surface area (Å²) in [7, 11) is 1.47. The predicted octanol–water partition coefficient (Wildman–Crippen LogP) is 4.25. The predicted molar refractivity (Wildman–Crippen MR) is 237 cm³/mol. The lowest BCUT2D eigenvalue weighted by Gasteiger charge is -2.55. The van der Waals surface area contributed by atoms with Gasteiger partial charge in [0.25, 0.3) is 23.3 Å². The molecule has 5 amide bonds. The molecule has 1 atom stereocenters. The van der Waals surface area contributed by atoms with Gasteiger partial charge in [0, 0.05) is 74.4 Å². The SMILES string of the molecule is CNC(=O)COc1cc2cc(Nc3nc(N4CCC(CN5CCC6(CC5)CN(c5ccc7c(c5)C(=O)N(C5CCC(=O)NC5=O)C7=O)C6)CC4)ncc3Cl)cc(F)c2n(C(C)C)c1=O. The Balaban J connectivity index is 0.774. The molecule has 1 unspecified atom stereocenters. The van der Waals surface area contributed by atoms with Crippen molar-refractivity contribution in [2.24, 2.45) is 11.3 Å². The van der Waals surface area contributed by atoms with Crippen LogP contribution in [-0.2, 0) is 14.4 Å². The van der Waals surface area contributed by atoms with Gasteiger partial charge in [0.2, 0.25) is 17.8 Å². The van der Waals surface area contributed by atoms with Crippen molar-refractivity contribution in [2.45, 2.75) is 64.5 Å². The molecule has 4 saturated heterocycles. The van der Waals surface area contributed by atoms with Gasteiger partial charge in [-0.3, -0.25) is 43.6 Å².